The molecule has 0 amide bonds. The van der Waals surface area contributed by atoms with E-state index in [-0.39, 0.29) is 11.5 Å². The van der Waals surface area contributed by atoms with E-state index in [0.717, 1.165) is 0 Å². The fourth-order valence-electron chi connectivity index (χ4n) is 1.92. The van der Waals surface area contributed by atoms with E-state index in [1.807, 2.05) is 0 Å². The van der Waals surface area contributed by atoms with Gasteiger partial charge in [-0.15, -0.1) is 0 Å². The number of aryl methyl sites for hydroxylation is 1. The Hall–Kier alpha value is -2.15. The van der Waals surface area contributed by atoms with Crippen molar-refractivity contribution >= 4 is 15.7 Å². The first-order chi connectivity index (χ1) is 10.4. The summed E-state index contributed by atoms with van der Waals surface area (Å²) in [5.41, 5.74) is 1.48. The second-order valence-electron chi connectivity index (χ2n) is 4.70. The van der Waals surface area contributed by atoms with Gasteiger partial charge in [0.1, 0.15) is 5.75 Å². The van der Waals surface area contributed by atoms with E-state index in [9.17, 15) is 17.2 Å². The number of ether oxygens (including phenoxy) is 1. The van der Waals surface area contributed by atoms with E-state index in [4.69, 9.17) is 0 Å². The van der Waals surface area contributed by atoms with Crippen molar-refractivity contribution in [3.05, 3.63) is 59.7 Å². The third kappa shape index (κ3) is 4.70. The summed E-state index contributed by atoms with van der Waals surface area (Å²) >= 11 is 0. The summed E-state index contributed by atoms with van der Waals surface area (Å²) in [4.78, 5) is 0. The maximum atomic E-state index is 12.1. The van der Waals surface area contributed by atoms with Crippen LogP contribution < -0.4 is 9.46 Å². The molecule has 0 bridgehead atoms. The number of halogens is 2. The number of sulfonamides is 1. The first kappa shape index (κ1) is 16.2. The van der Waals surface area contributed by atoms with E-state index >= 15 is 0 Å². The van der Waals surface area contributed by atoms with Crippen LogP contribution >= 0.6 is 0 Å². The molecule has 0 aliphatic carbocycles. The maximum Gasteiger partial charge on any atom is 0.387 e. The van der Waals surface area contributed by atoms with E-state index < -0.39 is 16.6 Å². The largest absolute Gasteiger partial charge is 0.435 e. The van der Waals surface area contributed by atoms with Crippen molar-refractivity contribution in [1.82, 2.24) is 0 Å². The molecule has 0 heterocycles. The van der Waals surface area contributed by atoms with Gasteiger partial charge in [-0.25, -0.2) is 8.42 Å². The van der Waals surface area contributed by atoms with Crippen LogP contribution in [0.3, 0.4) is 0 Å². The quantitative estimate of drug-likeness (QED) is 0.883. The van der Waals surface area contributed by atoms with Crippen LogP contribution in [0.25, 0.3) is 0 Å². The second kappa shape index (κ2) is 6.74. The molecule has 0 radical (unpaired) electrons. The molecule has 0 aliphatic heterocycles. The molecule has 2 rings (SSSR count). The van der Waals surface area contributed by atoms with Crippen molar-refractivity contribution in [1.29, 1.82) is 0 Å². The highest BCUT2D eigenvalue weighted by Gasteiger charge is 2.14. The van der Waals surface area contributed by atoms with E-state index in [0.29, 0.717) is 16.8 Å². The Morgan fingerprint density at radius 2 is 1.82 bits per heavy atom. The number of rotatable bonds is 6. The van der Waals surface area contributed by atoms with Crippen molar-refractivity contribution in [2.45, 2.75) is 19.3 Å². The molecule has 4 nitrogen and oxygen atoms in total. The summed E-state index contributed by atoms with van der Waals surface area (Å²) in [6.45, 7) is -1.31. The topological polar surface area (TPSA) is 55.4 Å². The minimum Gasteiger partial charge on any atom is -0.435 e. The molecule has 0 fully saturated rings. The molecule has 0 aromatic heterocycles. The van der Waals surface area contributed by atoms with Crippen molar-refractivity contribution in [2.24, 2.45) is 0 Å². The Labute approximate surface area is 127 Å². The molecule has 0 unspecified atom stereocenters. The summed E-state index contributed by atoms with van der Waals surface area (Å²) in [6, 6.07) is 12.8. The summed E-state index contributed by atoms with van der Waals surface area (Å²) in [5, 5.41) is 0. The number of anilines is 1. The highest BCUT2D eigenvalue weighted by atomic mass is 32.2. The van der Waals surface area contributed by atoms with Gasteiger partial charge in [0.2, 0.25) is 10.0 Å². The average molecular weight is 327 g/mol. The predicted molar refractivity (Wildman–Crippen MR) is 80.5 cm³/mol. The molecular formula is C15H15F2NO3S. The molecule has 2 aromatic rings. The Morgan fingerprint density at radius 3 is 2.41 bits per heavy atom. The second-order valence-corrected chi connectivity index (χ2v) is 6.42. The highest BCUT2D eigenvalue weighted by Crippen LogP contribution is 2.24. The smallest absolute Gasteiger partial charge is 0.387 e. The van der Waals surface area contributed by atoms with Crippen molar-refractivity contribution in [3.8, 4) is 5.75 Å². The maximum absolute atomic E-state index is 12.1. The Balaban J connectivity index is 2.12. The summed E-state index contributed by atoms with van der Waals surface area (Å²) < 4.78 is 55.2. The fraction of sp³-hybridized carbons (Fsp3) is 0.200. The number of hydrogen-bond acceptors (Lipinski definition) is 3. The Kier molecular flexibility index (Phi) is 4.97. The molecule has 22 heavy (non-hydrogen) atoms. The molecule has 0 saturated carbocycles. The Bertz CT molecular complexity index is 734. The average Bonchev–Trinajstić information content (AvgIpc) is 2.42. The minimum absolute atomic E-state index is 0.0153. The van der Waals surface area contributed by atoms with Crippen LogP contribution in [0.15, 0.2) is 48.5 Å². The zero-order valence-electron chi connectivity index (χ0n) is 11.8. The number of nitrogens with one attached hydrogen (secondary N) is 1. The van der Waals surface area contributed by atoms with Gasteiger partial charge in [-0.1, -0.05) is 30.3 Å². The normalized spacial score (nSPS) is 11.5. The van der Waals surface area contributed by atoms with Gasteiger partial charge in [0, 0.05) is 0 Å². The van der Waals surface area contributed by atoms with Crippen LogP contribution in [-0.4, -0.2) is 15.0 Å². The van der Waals surface area contributed by atoms with Crippen LogP contribution in [0.1, 0.15) is 11.1 Å². The van der Waals surface area contributed by atoms with Gasteiger partial charge in [-0.3, -0.25) is 4.72 Å². The molecule has 7 heteroatoms. The highest BCUT2D eigenvalue weighted by molar-refractivity contribution is 7.91. The van der Waals surface area contributed by atoms with Gasteiger partial charge in [-0.2, -0.15) is 8.78 Å². The Morgan fingerprint density at radius 1 is 1.14 bits per heavy atom. The van der Waals surface area contributed by atoms with Crippen molar-refractivity contribution in [3.63, 3.8) is 0 Å². The summed E-state index contributed by atoms with van der Waals surface area (Å²) in [5.74, 6) is -0.179. The molecule has 0 aliphatic rings. The monoisotopic (exact) mass is 327 g/mol. The van der Waals surface area contributed by atoms with Crippen LogP contribution in [-0.2, 0) is 15.8 Å². The van der Waals surface area contributed by atoms with Crippen molar-refractivity contribution < 1.29 is 21.9 Å². The molecule has 0 atom stereocenters. The fourth-order valence-corrected chi connectivity index (χ4v) is 3.19. The zero-order chi connectivity index (χ0) is 16.2. The van der Waals surface area contributed by atoms with E-state index in [2.05, 4.69) is 9.46 Å². The van der Waals surface area contributed by atoms with Gasteiger partial charge in [0.15, 0.2) is 0 Å². The molecule has 0 spiro atoms. The standard InChI is InChI=1S/C15H15F2NO3S/c1-11-9-13(21-15(16)17)7-8-14(11)18-22(19,20)10-12-5-3-2-4-6-12/h2-9,15,18H,10H2,1H3. The van der Waals surface area contributed by atoms with E-state index in [1.54, 1.807) is 37.3 Å². The van der Waals surface area contributed by atoms with Crippen molar-refractivity contribution in [2.75, 3.05) is 4.72 Å². The van der Waals surface area contributed by atoms with Gasteiger partial charge in [0.05, 0.1) is 11.4 Å². The van der Waals surface area contributed by atoms with Gasteiger partial charge in [-0.05, 0) is 36.2 Å². The number of alkyl halides is 2. The zero-order valence-corrected chi connectivity index (χ0v) is 12.6. The number of benzene rings is 2. The third-order valence-electron chi connectivity index (χ3n) is 2.89. The first-order valence-corrected chi connectivity index (χ1v) is 8.11. The lowest BCUT2D eigenvalue weighted by molar-refractivity contribution is -0.0498. The van der Waals surface area contributed by atoms with Crippen LogP contribution in [0, 0.1) is 6.92 Å². The summed E-state index contributed by atoms with van der Waals surface area (Å²) in [7, 11) is -3.59. The predicted octanol–water partition coefficient (Wildman–Crippen LogP) is 3.54. The van der Waals surface area contributed by atoms with E-state index in [1.165, 1.54) is 18.2 Å². The lowest BCUT2D eigenvalue weighted by Crippen LogP contribution is -2.15. The minimum atomic E-state index is -3.59. The molecular weight excluding hydrogens is 312 g/mol. The van der Waals surface area contributed by atoms with Crippen LogP contribution in [0.2, 0.25) is 0 Å². The number of hydrogen-bond donors (Lipinski definition) is 1. The summed E-state index contributed by atoms with van der Waals surface area (Å²) in [6.07, 6.45) is 0. The van der Waals surface area contributed by atoms with Crippen LogP contribution in [0.4, 0.5) is 14.5 Å². The first-order valence-electron chi connectivity index (χ1n) is 6.45. The van der Waals surface area contributed by atoms with Gasteiger partial charge >= 0.3 is 6.61 Å². The SMILES string of the molecule is Cc1cc(OC(F)F)ccc1NS(=O)(=O)Cc1ccccc1. The lowest BCUT2D eigenvalue weighted by atomic mass is 10.2. The van der Waals surface area contributed by atoms with Crippen LogP contribution in [0.5, 0.6) is 5.75 Å². The molecule has 118 valence electrons. The van der Waals surface area contributed by atoms with Gasteiger partial charge < -0.3 is 4.74 Å². The van der Waals surface area contributed by atoms with Gasteiger partial charge in [0.25, 0.3) is 0 Å². The molecule has 2 aromatic carbocycles. The molecule has 0 saturated heterocycles. The third-order valence-corrected chi connectivity index (χ3v) is 4.13. The lowest BCUT2D eigenvalue weighted by Gasteiger charge is -2.12. The molecule has 1 N–H and O–H groups in total.